The highest BCUT2D eigenvalue weighted by atomic mass is 15.2. The molecule has 308 valence electrons. The molecule has 9 aromatic carbocycles. The van der Waals surface area contributed by atoms with Crippen LogP contribution in [0, 0.1) is 0 Å². The summed E-state index contributed by atoms with van der Waals surface area (Å²) in [6.45, 7) is 4.72. The van der Waals surface area contributed by atoms with Gasteiger partial charge in [0.25, 0.3) is 0 Å². The second kappa shape index (κ2) is 15.4. The summed E-state index contributed by atoms with van der Waals surface area (Å²) in [6, 6.07) is 79.9. The molecular formula is C60H43N5. The van der Waals surface area contributed by atoms with Crippen LogP contribution >= 0.6 is 0 Å². The first kappa shape index (κ1) is 38.3. The van der Waals surface area contributed by atoms with Crippen molar-refractivity contribution in [3.05, 3.63) is 236 Å². The third-order valence-corrected chi connectivity index (χ3v) is 13.1. The maximum absolute atomic E-state index is 4.95. The van der Waals surface area contributed by atoms with Gasteiger partial charge in [0.05, 0.1) is 22.4 Å². The lowest BCUT2D eigenvalue weighted by atomic mass is 9.73. The Balaban J connectivity index is 0.930. The van der Waals surface area contributed by atoms with E-state index < -0.39 is 0 Å². The van der Waals surface area contributed by atoms with E-state index in [1.54, 1.807) is 0 Å². The lowest BCUT2D eigenvalue weighted by Crippen LogP contribution is -2.30. The third-order valence-electron chi connectivity index (χ3n) is 13.1. The predicted molar refractivity (Wildman–Crippen MR) is 268 cm³/mol. The van der Waals surface area contributed by atoms with Crippen molar-refractivity contribution in [3.8, 4) is 62.1 Å². The van der Waals surface area contributed by atoms with Crippen LogP contribution in [0.1, 0.15) is 25.0 Å². The maximum Gasteiger partial charge on any atom is 0.164 e. The Kier molecular flexibility index (Phi) is 9.09. The average Bonchev–Trinajstić information content (AvgIpc) is 3.72. The molecule has 0 amide bonds. The fourth-order valence-corrected chi connectivity index (χ4v) is 9.80. The molecule has 3 heterocycles. The van der Waals surface area contributed by atoms with Crippen LogP contribution in [0.25, 0.3) is 83.9 Å². The lowest BCUT2D eigenvalue weighted by Gasteiger charge is -2.42. The number of fused-ring (bicyclic) bond motifs is 5. The molecule has 1 aliphatic rings. The van der Waals surface area contributed by atoms with Gasteiger partial charge in [0.2, 0.25) is 0 Å². The summed E-state index contributed by atoms with van der Waals surface area (Å²) >= 11 is 0. The van der Waals surface area contributed by atoms with Crippen LogP contribution in [-0.4, -0.2) is 19.5 Å². The minimum Gasteiger partial charge on any atom is -0.310 e. The van der Waals surface area contributed by atoms with Gasteiger partial charge >= 0.3 is 0 Å². The fourth-order valence-electron chi connectivity index (χ4n) is 9.80. The molecule has 0 saturated heterocycles. The zero-order valence-corrected chi connectivity index (χ0v) is 36.1. The summed E-state index contributed by atoms with van der Waals surface area (Å²) in [5, 5.41) is 2.46. The van der Waals surface area contributed by atoms with E-state index in [1.807, 2.05) is 60.7 Å². The first-order valence-electron chi connectivity index (χ1n) is 22.2. The molecule has 12 rings (SSSR count). The van der Waals surface area contributed by atoms with E-state index in [-0.39, 0.29) is 5.41 Å². The van der Waals surface area contributed by atoms with Crippen LogP contribution in [0.3, 0.4) is 0 Å². The largest absolute Gasteiger partial charge is 0.310 e. The number of para-hydroxylation sites is 4. The first-order chi connectivity index (χ1) is 32.0. The van der Waals surface area contributed by atoms with E-state index in [0.29, 0.717) is 17.5 Å². The molecule has 0 unspecified atom stereocenters. The SMILES string of the molecule is CC1(C)c2ccccc2N(c2ccccc2)c2ccc(-c3cccc4c5ccccc5n(-c5ccc(-c6ccc(-c7nc(-c8ccccc8)nc(-c8ccccc8)n7)cc6)cc5)c34)cc21. The van der Waals surface area contributed by atoms with Gasteiger partial charge in [-0.3, -0.25) is 0 Å². The van der Waals surface area contributed by atoms with Gasteiger partial charge in [-0.2, -0.15) is 0 Å². The summed E-state index contributed by atoms with van der Waals surface area (Å²) in [7, 11) is 0. The van der Waals surface area contributed by atoms with Gasteiger partial charge in [0, 0.05) is 49.8 Å². The Hall–Kier alpha value is -8.41. The minimum atomic E-state index is -0.219. The number of aromatic nitrogens is 4. The van der Waals surface area contributed by atoms with Gasteiger partial charge < -0.3 is 9.47 Å². The molecular weight excluding hydrogens is 791 g/mol. The van der Waals surface area contributed by atoms with E-state index in [9.17, 15) is 0 Å². The molecule has 5 heteroatoms. The van der Waals surface area contributed by atoms with Gasteiger partial charge in [-0.25, -0.2) is 15.0 Å². The van der Waals surface area contributed by atoms with Crippen molar-refractivity contribution in [1.82, 2.24) is 19.5 Å². The lowest BCUT2D eigenvalue weighted by molar-refractivity contribution is 0.632. The third kappa shape index (κ3) is 6.51. The quantitative estimate of drug-likeness (QED) is 0.160. The second-order valence-electron chi connectivity index (χ2n) is 17.3. The molecule has 0 atom stereocenters. The van der Waals surface area contributed by atoms with Gasteiger partial charge in [-0.15, -0.1) is 0 Å². The maximum atomic E-state index is 4.95. The summed E-state index contributed by atoms with van der Waals surface area (Å²) in [5.74, 6) is 1.94. The number of rotatable bonds is 7. The predicted octanol–water partition coefficient (Wildman–Crippen LogP) is 15.4. The smallest absolute Gasteiger partial charge is 0.164 e. The number of hydrogen-bond acceptors (Lipinski definition) is 4. The standard InChI is InChI=1S/C60H43N5/c1-60(2)51-26-13-15-28-54(51)64(46-21-10-5-11-22-46)55-38-35-45(39-52(55)60)48-24-16-25-50-49-23-12-14-27-53(49)65(56(48)50)47-36-33-41(34-37-47)40-29-31-44(32-30-40)59-62-57(42-17-6-3-7-18-42)61-58(63-59)43-19-8-4-9-20-43/h3-39H,1-2H3. The van der Waals surface area contributed by atoms with Crippen molar-refractivity contribution in [2.24, 2.45) is 0 Å². The molecule has 1 aliphatic heterocycles. The van der Waals surface area contributed by atoms with Gasteiger partial charge in [-0.1, -0.05) is 190 Å². The summed E-state index contributed by atoms with van der Waals surface area (Å²) in [5.41, 5.74) is 17.0. The fraction of sp³-hybridized carbons (Fsp3) is 0.0500. The summed E-state index contributed by atoms with van der Waals surface area (Å²) < 4.78 is 2.44. The van der Waals surface area contributed by atoms with Crippen molar-refractivity contribution < 1.29 is 0 Å². The summed E-state index contributed by atoms with van der Waals surface area (Å²) in [4.78, 5) is 17.2. The molecule has 0 bridgehead atoms. The molecule has 11 aromatic rings. The second-order valence-corrected chi connectivity index (χ2v) is 17.3. The van der Waals surface area contributed by atoms with E-state index in [0.717, 1.165) is 39.2 Å². The molecule has 0 saturated carbocycles. The Morgan fingerprint density at radius 1 is 0.354 bits per heavy atom. The van der Waals surface area contributed by atoms with E-state index in [4.69, 9.17) is 15.0 Å². The Labute approximate surface area is 378 Å². The summed E-state index contributed by atoms with van der Waals surface area (Å²) in [6.07, 6.45) is 0. The number of benzene rings is 9. The Morgan fingerprint density at radius 3 is 1.51 bits per heavy atom. The molecule has 0 aliphatic carbocycles. The van der Waals surface area contributed by atoms with Crippen LogP contribution in [0.15, 0.2) is 224 Å². The monoisotopic (exact) mass is 833 g/mol. The zero-order chi connectivity index (χ0) is 43.5. The zero-order valence-electron chi connectivity index (χ0n) is 36.1. The number of hydrogen-bond donors (Lipinski definition) is 0. The van der Waals surface area contributed by atoms with Gasteiger partial charge in [0.1, 0.15) is 0 Å². The molecule has 0 N–H and O–H groups in total. The molecule has 0 fully saturated rings. The Morgan fingerprint density at radius 2 is 0.846 bits per heavy atom. The molecule has 0 radical (unpaired) electrons. The average molecular weight is 834 g/mol. The topological polar surface area (TPSA) is 46.8 Å². The van der Waals surface area contributed by atoms with Crippen molar-refractivity contribution in [2.75, 3.05) is 4.90 Å². The number of anilines is 3. The Bertz CT molecular complexity index is 3480. The minimum absolute atomic E-state index is 0.219. The van der Waals surface area contributed by atoms with E-state index in [2.05, 4.69) is 187 Å². The van der Waals surface area contributed by atoms with Crippen LogP contribution in [-0.2, 0) is 5.41 Å². The van der Waals surface area contributed by atoms with Crippen molar-refractivity contribution >= 4 is 38.9 Å². The highest BCUT2D eigenvalue weighted by Crippen LogP contribution is 2.53. The molecule has 0 spiro atoms. The van der Waals surface area contributed by atoms with Crippen molar-refractivity contribution in [1.29, 1.82) is 0 Å². The van der Waals surface area contributed by atoms with Crippen LogP contribution < -0.4 is 4.90 Å². The van der Waals surface area contributed by atoms with Crippen LogP contribution in [0.2, 0.25) is 0 Å². The molecule has 5 nitrogen and oxygen atoms in total. The first-order valence-corrected chi connectivity index (χ1v) is 22.2. The van der Waals surface area contributed by atoms with Crippen molar-refractivity contribution in [3.63, 3.8) is 0 Å². The highest BCUT2D eigenvalue weighted by Gasteiger charge is 2.37. The van der Waals surface area contributed by atoms with E-state index >= 15 is 0 Å². The van der Waals surface area contributed by atoms with Gasteiger partial charge in [-0.05, 0) is 76.3 Å². The number of nitrogens with zero attached hydrogens (tertiary/aromatic N) is 5. The highest BCUT2D eigenvalue weighted by molar-refractivity contribution is 6.14. The van der Waals surface area contributed by atoms with E-state index in [1.165, 1.54) is 55.4 Å². The van der Waals surface area contributed by atoms with Crippen molar-refractivity contribution in [2.45, 2.75) is 19.3 Å². The van der Waals surface area contributed by atoms with Crippen LogP contribution in [0.5, 0.6) is 0 Å². The molecule has 2 aromatic heterocycles. The van der Waals surface area contributed by atoms with Gasteiger partial charge in [0.15, 0.2) is 17.5 Å². The molecule has 65 heavy (non-hydrogen) atoms. The normalized spacial score (nSPS) is 12.9. The van der Waals surface area contributed by atoms with Crippen LogP contribution in [0.4, 0.5) is 17.1 Å².